The van der Waals surface area contributed by atoms with Gasteiger partial charge in [0.2, 0.25) is 0 Å². The Morgan fingerprint density at radius 3 is 2.35 bits per heavy atom. The number of benzene rings is 1. The minimum atomic E-state index is -0.823. The van der Waals surface area contributed by atoms with E-state index < -0.39 is 11.9 Å². The number of carbonyl (C=O) groups excluding carboxylic acids is 3. The monoisotopic (exact) mass is 276 g/mol. The zero-order valence-electron chi connectivity index (χ0n) is 11.9. The zero-order chi connectivity index (χ0) is 15.0. The van der Waals surface area contributed by atoms with E-state index in [9.17, 15) is 14.4 Å². The first-order valence-corrected chi connectivity index (χ1v) is 6.81. The first-order valence-electron chi connectivity index (χ1n) is 6.81. The van der Waals surface area contributed by atoms with Crippen LogP contribution in [0, 0.1) is 5.92 Å². The summed E-state index contributed by atoms with van der Waals surface area (Å²) >= 11 is 0. The van der Waals surface area contributed by atoms with Crippen molar-refractivity contribution in [1.82, 2.24) is 0 Å². The molecule has 0 spiro atoms. The van der Waals surface area contributed by atoms with Gasteiger partial charge in [-0.15, -0.1) is 0 Å². The molecule has 4 heteroatoms. The summed E-state index contributed by atoms with van der Waals surface area (Å²) in [6.45, 7) is 3.44. The number of carbonyl (C=O) groups is 3. The van der Waals surface area contributed by atoms with Gasteiger partial charge in [-0.2, -0.15) is 0 Å². The molecule has 0 radical (unpaired) electrons. The number of ether oxygens (including phenoxy) is 1. The molecule has 0 aliphatic heterocycles. The van der Waals surface area contributed by atoms with Crippen molar-refractivity contribution in [2.75, 3.05) is 6.61 Å². The standard InChI is InChI=1S/C16H20O4/c1-3-20-16(19)14(11-7-8-12(2)17)15(18)13-9-5-4-6-10-13/h4-6,9-10,14H,3,7-8,11H2,1-2H3. The van der Waals surface area contributed by atoms with Crippen molar-refractivity contribution in [1.29, 1.82) is 0 Å². The van der Waals surface area contributed by atoms with Gasteiger partial charge in [-0.1, -0.05) is 30.3 Å². The molecule has 0 bridgehead atoms. The quantitative estimate of drug-likeness (QED) is 0.416. The molecule has 1 rings (SSSR count). The highest BCUT2D eigenvalue weighted by atomic mass is 16.5. The third-order valence-corrected chi connectivity index (χ3v) is 2.97. The van der Waals surface area contributed by atoms with Crippen LogP contribution >= 0.6 is 0 Å². The van der Waals surface area contributed by atoms with Crippen LogP contribution < -0.4 is 0 Å². The molecular formula is C16H20O4. The molecule has 1 unspecified atom stereocenters. The number of Topliss-reactive ketones (excluding diaryl/α,β-unsaturated/α-hetero) is 2. The Kier molecular flexibility index (Phi) is 6.64. The highest BCUT2D eigenvalue weighted by Crippen LogP contribution is 2.17. The second kappa shape index (κ2) is 8.25. The third-order valence-electron chi connectivity index (χ3n) is 2.97. The van der Waals surface area contributed by atoms with Gasteiger partial charge in [0.1, 0.15) is 11.7 Å². The van der Waals surface area contributed by atoms with Gasteiger partial charge in [0.25, 0.3) is 0 Å². The van der Waals surface area contributed by atoms with Crippen LogP contribution in [0.5, 0.6) is 0 Å². The summed E-state index contributed by atoms with van der Waals surface area (Å²) in [5.41, 5.74) is 0.494. The number of ketones is 2. The van der Waals surface area contributed by atoms with Crippen molar-refractivity contribution in [2.24, 2.45) is 5.92 Å². The van der Waals surface area contributed by atoms with Crippen molar-refractivity contribution in [3.8, 4) is 0 Å². The van der Waals surface area contributed by atoms with E-state index in [-0.39, 0.29) is 18.2 Å². The second-order valence-corrected chi connectivity index (χ2v) is 4.63. The van der Waals surface area contributed by atoms with E-state index in [0.717, 1.165) is 0 Å². The molecule has 0 aromatic heterocycles. The molecule has 0 fully saturated rings. The number of hydrogen-bond donors (Lipinski definition) is 0. The maximum Gasteiger partial charge on any atom is 0.316 e. The van der Waals surface area contributed by atoms with E-state index in [2.05, 4.69) is 0 Å². The Labute approximate surface area is 119 Å². The van der Waals surface area contributed by atoms with Crippen molar-refractivity contribution in [3.05, 3.63) is 35.9 Å². The van der Waals surface area contributed by atoms with E-state index in [1.807, 2.05) is 6.07 Å². The molecule has 4 nitrogen and oxygen atoms in total. The molecule has 1 atom stereocenters. The maximum absolute atomic E-state index is 12.4. The Hall–Kier alpha value is -1.97. The molecule has 108 valence electrons. The van der Waals surface area contributed by atoms with E-state index in [0.29, 0.717) is 24.8 Å². The molecule has 0 saturated heterocycles. The SMILES string of the molecule is CCOC(=O)C(CCCC(C)=O)C(=O)c1ccccc1. The van der Waals surface area contributed by atoms with Gasteiger partial charge in [-0.25, -0.2) is 0 Å². The van der Waals surface area contributed by atoms with Gasteiger partial charge >= 0.3 is 5.97 Å². The Morgan fingerprint density at radius 1 is 1.15 bits per heavy atom. The number of esters is 1. The molecule has 1 aromatic rings. The molecule has 20 heavy (non-hydrogen) atoms. The van der Waals surface area contributed by atoms with Gasteiger partial charge < -0.3 is 9.53 Å². The van der Waals surface area contributed by atoms with E-state index in [1.54, 1.807) is 31.2 Å². The van der Waals surface area contributed by atoms with Crippen molar-refractivity contribution in [2.45, 2.75) is 33.1 Å². The second-order valence-electron chi connectivity index (χ2n) is 4.63. The Morgan fingerprint density at radius 2 is 1.80 bits per heavy atom. The summed E-state index contributed by atoms with van der Waals surface area (Å²) < 4.78 is 4.96. The maximum atomic E-state index is 12.4. The van der Waals surface area contributed by atoms with Crippen LogP contribution in [-0.2, 0) is 14.3 Å². The highest BCUT2D eigenvalue weighted by Gasteiger charge is 2.28. The van der Waals surface area contributed by atoms with E-state index >= 15 is 0 Å². The lowest BCUT2D eigenvalue weighted by Crippen LogP contribution is -2.26. The predicted octanol–water partition coefficient (Wildman–Crippen LogP) is 2.81. The molecule has 0 amide bonds. The van der Waals surface area contributed by atoms with Crippen molar-refractivity contribution < 1.29 is 19.1 Å². The zero-order valence-corrected chi connectivity index (χ0v) is 11.9. The van der Waals surface area contributed by atoms with Crippen LogP contribution in [-0.4, -0.2) is 24.1 Å². The smallest absolute Gasteiger partial charge is 0.316 e. The lowest BCUT2D eigenvalue weighted by Gasteiger charge is -2.14. The lowest BCUT2D eigenvalue weighted by atomic mass is 9.92. The summed E-state index contributed by atoms with van der Waals surface area (Å²) in [4.78, 5) is 35.2. The Bertz CT molecular complexity index is 465. The topological polar surface area (TPSA) is 60.4 Å². The fourth-order valence-electron chi connectivity index (χ4n) is 1.96. The van der Waals surface area contributed by atoms with Crippen LogP contribution in [0.3, 0.4) is 0 Å². The summed E-state index contributed by atoms with van der Waals surface area (Å²) in [6.07, 6.45) is 1.22. The van der Waals surface area contributed by atoms with Crippen LogP contribution in [0.2, 0.25) is 0 Å². The summed E-state index contributed by atoms with van der Waals surface area (Å²) in [5.74, 6) is -1.52. The molecule has 0 saturated carbocycles. The molecule has 0 aliphatic rings. The third kappa shape index (κ3) is 4.96. The molecule has 0 heterocycles. The first kappa shape index (κ1) is 16.1. The van der Waals surface area contributed by atoms with Crippen LogP contribution in [0.4, 0.5) is 0 Å². The van der Waals surface area contributed by atoms with Crippen LogP contribution in [0.15, 0.2) is 30.3 Å². The summed E-state index contributed by atoms with van der Waals surface area (Å²) in [5, 5.41) is 0. The number of rotatable bonds is 8. The Balaban J connectivity index is 2.78. The predicted molar refractivity (Wildman–Crippen MR) is 75.4 cm³/mol. The normalized spacial score (nSPS) is 11.7. The number of hydrogen-bond acceptors (Lipinski definition) is 4. The van der Waals surface area contributed by atoms with E-state index in [4.69, 9.17) is 4.74 Å². The van der Waals surface area contributed by atoms with Gasteiger partial charge in [0.05, 0.1) is 6.61 Å². The van der Waals surface area contributed by atoms with Crippen LogP contribution in [0.1, 0.15) is 43.5 Å². The van der Waals surface area contributed by atoms with Gasteiger partial charge in [0, 0.05) is 12.0 Å². The van der Waals surface area contributed by atoms with Crippen molar-refractivity contribution >= 4 is 17.5 Å². The van der Waals surface area contributed by atoms with Gasteiger partial charge in [0.15, 0.2) is 5.78 Å². The first-order chi connectivity index (χ1) is 9.56. The molecule has 0 N–H and O–H groups in total. The minimum absolute atomic E-state index is 0.0553. The summed E-state index contributed by atoms with van der Waals surface area (Å²) in [6, 6.07) is 8.68. The molecule has 0 aliphatic carbocycles. The molecule has 1 aromatic carbocycles. The fourth-order valence-corrected chi connectivity index (χ4v) is 1.96. The highest BCUT2D eigenvalue weighted by molar-refractivity contribution is 6.08. The molecular weight excluding hydrogens is 256 g/mol. The largest absolute Gasteiger partial charge is 0.465 e. The fraction of sp³-hybridized carbons (Fsp3) is 0.438. The van der Waals surface area contributed by atoms with Crippen molar-refractivity contribution in [3.63, 3.8) is 0 Å². The average molecular weight is 276 g/mol. The van der Waals surface area contributed by atoms with E-state index in [1.165, 1.54) is 6.92 Å². The average Bonchev–Trinajstić information content (AvgIpc) is 2.44. The van der Waals surface area contributed by atoms with Crippen LogP contribution in [0.25, 0.3) is 0 Å². The minimum Gasteiger partial charge on any atom is -0.465 e. The summed E-state index contributed by atoms with van der Waals surface area (Å²) in [7, 11) is 0. The lowest BCUT2D eigenvalue weighted by molar-refractivity contribution is -0.146. The van der Waals surface area contributed by atoms with Gasteiger partial charge in [-0.3, -0.25) is 9.59 Å². The van der Waals surface area contributed by atoms with Gasteiger partial charge in [-0.05, 0) is 26.7 Å².